The molecule has 1 N–H and O–H groups in total. The molecule has 2 aromatic carbocycles. The van der Waals surface area contributed by atoms with Gasteiger partial charge in [0.25, 0.3) is 5.91 Å². The Bertz CT molecular complexity index is 986. The number of ether oxygens (including phenoxy) is 1. The zero-order valence-corrected chi connectivity index (χ0v) is 19.0. The van der Waals surface area contributed by atoms with Crippen molar-refractivity contribution in [1.82, 2.24) is 9.62 Å². The summed E-state index contributed by atoms with van der Waals surface area (Å²) < 4.78 is 33.4. The van der Waals surface area contributed by atoms with Crippen LogP contribution in [-0.4, -0.2) is 51.7 Å². The van der Waals surface area contributed by atoms with Crippen molar-refractivity contribution in [3.05, 3.63) is 59.2 Å². The maximum atomic E-state index is 12.8. The summed E-state index contributed by atoms with van der Waals surface area (Å²) >= 11 is 1.67. The first-order chi connectivity index (χ1) is 14.4. The first-order valence-electron chi connectivity index (χ1n) is 10.0. The van der Waals surface area contributed by atoms with E-state index in [1.807, 2.05) is 6.07 Å². The van der Waals surface area contributed by atoms with Crippen molar-refractivity contribution in [2.75, 3.05) is 32.5 Å². The standard InChI is InChI=1S/C22H28N2O4S2/c1-17-6-5-7-18(14-17)16-29-13-10-23-30(26,27)19-8-9-21(28-2)20(15-19)22(25)24-11-3-4-12-24/h5-9,14-15,23H,3-4,10-13,16H2,1-2H3. The molecule has 1 fully saturated rings. The zero-order valence-electron chi connectivity index (χ0n) is 17.4. The highest BCUT2D eigenvalue weighted by atomic mass is 32.2. The summed E-state index contributed by atoms with van der Waals surface area (Å²) in [4.78, 5) is 14.6. The number of benzene rings is 2. The molecule has 0 atom stereocenters. The molecule has 2 aromatic rings. The molecule has 0 aromatic heterocycles. The Hall–Kier alpha value is -2.03. The predicted molar refractivity (Wildman–Crippen MR) is 121 cm³/mol. The van der Waals surface area contributed by atoms with Gasteiger partial charge in [-0.15, -0.1) is 0 Å². The fourth-order valence-corrected chi connectivity index (χ4v) is 5.43. The SMILES string of the molecule is COc1ccc(S(=O)(=O)NCCSCc2cccc(C)c2)cc1C(=O)N1CCCC1. The average Bonchev–Trinajstić information content (AvgIpc) is 3.27. The minimum Gasteiger partial charge on any atom is -0.496 e. The van der Waals surface area contributed by atoms with Gasteiger partial charge in [-0.05, 0) is 43.5 Å². The molecule has 0 aliphatic carbocycles. The molecule has 8 heteroatoms. The summed E-state index contributed by atoms with van der Waals surface area (Å²) in [6.07, 6.45) is 1.93. The predicted octanol–water partition coefficient (Wildman–Crippen LogP) is 3.45. The van der Waals surface area contributed by atoms with E-state index in [-0.39, 0.29) is 16.4 Å². The third kappa shape index (κ3) is 5.77. The highest BCUT2D eigenvalue weighted by Crippen LogP contribution is 2.25. The Morgan fingerprint density at radius 3 is 2.63 bits per heavy atom. The molecule has 3 rings (SSSR count). The number of carbonyl (C=O) groups is 1. The van der Waals surface area contributed by atoms with E-state index in [1.54, 1.807) is 22.7 Å². The number of sulfonamides is 1. The summed E-state index contributed by atoms with van der Waals surface area (Å²) in [6.45, 7) is 3.75. The van der Waals surface area contributed by atoms with Crippen LogP contribution < -0.4 is 9.46 Å². The smallest absolute Gasteiger partial charge is 0.257 e. The van der Waals surface area contributed by atoms with Gasteiger partial charge >= 0.3 is 0 Å². The maximum Gasteiger partial charge on any atom is 0.257 e. The molecule has 0 unspecified atom stereocenters. The first-order valence-corrected chi connectivity index (χ1v) is 12.6. The number of aryl methyl sites for hydroxylation is 1. The van der Waals surface area contributed by atoms with Gasteiger partial charge in [-0.3, -0.25) is 4.79 Å². The minimum atomic E-state index is -3.71. The Kier molecular flexibility index (Phi) is 7.80. The van der Waals surface area contributed by atoms with Crippen LogP contribution >= 0.6 is 11.8 Å². The van der Waals surface area contributed by atoms with E-state index < -0.39 is 10.0 Å². The quantitative estimate of drug-likeness (QED) is 0.595. The summed E-state index contributed by atoms with van der Waals surface area (Å²) in [5.41, 5.74) is 2.73. The summed E-state index contributed by atoms with van der Waals surface area (Å²) in [6, 6.07) is 12.7. The van der Waals surface area contributed by atoms with Crippen molar-refractivity contribution in [3.63, 3.8) is 0 Å². The molecule has 0 spiro atoms. The number of nitrogens with zero attached hydrogens (tertiary/aromatic N) is 1. The monoisotopic (exact) mass is 448 g/mol. The van der Waals surface area contributed by atoms with Crippen LogP contribution in [0.15, 0.2) is 47.4 Å². The molecule has 1 aliphatic heterocycles. The minimum absolute atomic E-state index is 0.0783. The number of hydrogen-bond donors (Lipinski definition) is 1. The van der Waals surface area contributed by atoms with Crippen molar-refractivity contribution in [2.45, 2.75) is 30.4 Å². The van der Waals surface area contributed by atoms with Gasteiger partial charge in [-0.2, -0.15) is 11.8 Å². The number of thioether (sulfide) groups is 1. The molecule has 0 radical (unpaired) electrons. The van der Waals surface area contributed by atoms with E-state index in [0.29, 0.717) is 31.1 Å². The van der Waals surface area contributed by atoms with E-state index in [0.717, 1.165) is 18.6 Å². The Labute approximate surface area is 183 Å². The van der Waals surface area contributed by atoms with E-state index in [9.17, 15) is 13.2 Å². The van der Waals surface area contributed by atoms with Crippen LogP contribution in [0.1, 0.15) is 34.3 Å². The lowest BCUT2D eigenvalue weighted by molar-refractivity contribution is 0.0789. The third-order valence-corrected chi connectivity index (χ3v) is 7.48. The molecule has 1 heterocycles. The number of rotatable bonds is 9. The van der Waals surface area contributed by atoms with E-state index in [2.05, 4.69) is 29.8 Å². The summed E-state index contributed by atoms with van der Waals surface area (Å²) in [7, 11) is -2.23. The van der Waals surface area contributed by atoms with Crippen molar-refractivity contribution in [1.29, 1.82) is 0 Å². The molecule has 1 amide bonds. The molecule has 30 heavy (non-hydrogen) atoms. The number of amides is 1. The second-order valence-electron chi connectivity index (χ2n) is 7.30. The number of nitrogens with one attached hydrogen (secondary N) is 1. The lowest BCUT2D eigenvalue weighted by atomic mass is 10.1. The van der Waals surface area contributed by atoms with Crippen molar-refractivity contribution in [3.8, 4) is 5.75 Å². The lowest BCUT2D eigenvalue weighted by Crippen LogP contribution is -2.29. The number of likely N-dealkylation sites (tertiary alicyclic amines) is 1. The molecule has 1 aliphatic rings. The molecular formula is C22H28N2O4S2. The largest absolute Gasteiger partial charge is 0.496 e. The van der Waals surface area contributed by atoms with Crippen LogP contribution in [0.4, 0.5) is 0 Å². The third-order valence-electron chi connectivity index (χ3n) is 4.99. The molecule has 0 bridgehead atoms. The molecule has 1 saturated heterocycles. The summed E-state index contributed by atoms with van der Waals surface area (Å²) in [5, 5.41) is 0. The molecule has 6 nitrogen and oxygen atoms in total. The molecular weight excluding hydrogens is 420 g/mol. The Balaban J connectivity index is 1.60. The zero-order chi connectivity index (χ0) is 21.6. The summed E-state index contributed by atoms with van der Waals surface area (Å²) in [5.74, 6) is 1.69. The first kappa shape index (κ1) is 22.7. The van der Waals surface area contributed by atoms with Crippen LogP contribution in [0.2, 0.25) is 0 Å². The second-order valence-corrected chi connectivity index (χ2v) is 10.2. The van der Waals surface area contributed by atoms with E-state index in [1.165, 1.54) is 30.4 Å². The van der Waals surface area contributed by atoms with E-state index in [4.69, 9.17) is 4.74 Å². The molecule has 162 valence electrons. The maximum absolute atomic E-state index is 12.8. The highest BCUT2D eigenvalue weighted by molar-refractivity contribution is 7.98. The molecule has 0 saturated carbocycles. The van der Waals surface area contributed by atoms with E-state index >= 15 is 0 Å². The van der Waals surface area contributed by atoms with Gasteiger partial charge in [0.05, 0.1) is 17.6 Å². The number of hydrogen-bond acceptors (Lipinski definition) is 5. The van der Waals surface area contributed by atoms with Gasteiger partial charge < -0.3 is 9.64 Å². The van der Waals surface area contributed by atoms with Gasteiger partial charge in [-0.1, -0.05) is 29.8 Å². The van der Waals surface area contributed by atoms with Crippen molar-refractivity contribution >= 4 is 27.7 Å². The highest BCUT2D eigenvalue weighted by Gasteiger charge is 2.25. The van der Waals surface area contributed by atoms with Gasteiger partial charge in [0.1, 0.15) is 5.75 Å². The Morgan fingerprint density at radius 2 is 1.93 bits per heavy atom. The van der Waals surface area contributed by atoms with Crippen LogP contribution in [0.5, 0.6) is 5.75 Å². The fraction of sp³-hybridized carbons (Fsp3) is 0.409. The normalized spacial score (nSPS) is 14.1. The van der Waals surface area contributed by atoms with Crippen molar-refractivity contribution in [2.24, 2.45) is 0 Å². The number of carbonyl (C=O) groups excluding carboxylic acids is 1. The van der Waals surface area contributed by atoms with Crippen LogP contribution in [0, 0.1) is 6.92 Å². The van der Waals surface area contributed by atoms with Gasteiger partial charge in [0.2, 0.25) is 10.0 Å². The van der Waals surface area contributed by atoms with Crippen molar-refractivity contribution < 1.29 is 17.9 Å². The van der Waals surface area contributed by atoms with Crippen LogP contribution in [-0.2, 0) is 15.8 Å². The topological polar surface area (TPSA) is 75.7 Å². The Morgan fingerprint density at radius 1 is 1.17 bits per heavy atom. The van der Waals surface area contributed by atoms with Gasteiger partial charge in [0, 0.05) is 31.1 Å². The number of methoxy groups -OCH3 is 1. The van der Waals surface area contributed by atoms with Gasteiger partial charge in [0.15, 0.2) is 0 Å². The second kappa shape index (κ2) is 10.3. The lowest BCUT2D eigenvalue weighted by Gasteiger charge is -2.18. The van der Waals surface area contributed by atoms with Gasteiger partial charge in [-0.25, -0.2) is 13.1 Å². The fourth-order valence-electron chi connectivity index (χ4n) is 3.44. The van der Waals surface area contributed by atoms with Crippen LogP contribution in [0.25, 0.3) is 0 Å². The average molecular weight is 449 g/mol. The van der Waals surface area contributed by atoms with Crippen LogP contribution in [0.3, 0.4) is 0 Å².